The van der Waals surface area contributed by atoms with Gasteiger partial charge in [0.2, 0.25) is 0 Å². The molecular formula is C16H18N2O. The van der Waals surface area contributed by atoms with Crippen LogP contribution in [0.3, 0.4) is 0 Å². The zero-order chi connectivity index (χ0) is 12.9. The Morgan fingerprint density at radius 3 is 2.95 bits per heavy atom. The van der Waals surface area contributed by atoms with Gasteiger partial charge in [0.05, 0.1) is 13.2 Å². The van der Waals surface area contributed by atoms with Crippen LogP contribution in [0.5, 0.6) is 0 Å². The smallest absolute Gasteiger partial charge is 0.0623 e. The molecule has 0 aliphatic carbocycles. The highest BCUT2D eigenvalue weighted by atomic mass is 16.5. The van der Waals surface area contributed by atoms with Gasteiger partial charge in [0.15, 0.2) is 0 Å². The Bertz CT molecular complexity index is 521. The summed E-state index contributed by atoms with van der Waals surface area (Å²) < 4.78 is 5.50. The van der Waals surface area contributed by atoms with E-state index in [4.69, 9.17) is 4.74 Å². The quantitative estimate of drug-likeness (QED) is 0.912. The van der Waals surface area contributed by atoms with Crippen molar-refractivity contribution in [3.05, 3.63) is 54.4 Å². The lowest BCUT2D eigenvalue weighted by Gasteiger charge is -2.24. The highest BCUT2D eigenvalue weighted by Gasteiger charge is 2.13. The molecule has 1 aliphatic rings. The third-order valence-electron chi connectivity index (χ3n) is 3.40. The van der Waals surface area contributed by atoms with E-state index in [0.717, 1.165) is 31.7 Å². The summed E-state index contributed by atoms with van der Waals surface area (Å²) in [5.74, 6) is 0. The zero-order valence-electron chi connectivity index (χ0n) is 10.9. The molecule has 2 aromatic rings. The maximum atomic E-state index is 5.50. The Hall–Kier alpha value is -1.71. The number of benzene rings is 1. The van der Waals surface area contributed by atoms with Crippen LogP contribution in [0.15, 0.2) is 48.8 Å². The van der Waals surface area contributed by atoms with E-state index >= 15 is 0 Å². The second-order valence-electron chi connectivity index (χ2n) is 4.87. The van der Waals surface area contributed by atoms with Gasteiger partial charge in [0, 0.05) is 25.0 Å². The standard InChI is InChI=1S/C16H18N2O/c1-3-13(10-16-12-19-8-7-18-16)9-14(4-1)15-5-2-6-17-11-15/h1-6,9,11,16,18H,7-8,10,12H2/t16-/m1/s1. The van der Waals surface area contributed by atoms with Crippen LogP contribution in [-0.2, 0) is 11.2 Å². The van der Waals surface area contributed by atoms with Crippen molar-refractivity contribution in [1.29, 1.82) is 0 Å². The average Bonchev–Trinajstić information content (AvgIpc) is 2.49. The summed E-state index contributed by atoms with van der Waals surface area (Å²) in [6.07, 6.45) is 4.71. The number of hydrogen-bond acceptors (Lipinski definition) is 3. The fourth-order valence-electron chi connectivity index (χ4n) is 2.45. The number of aromatic nitrogens is 1. The van der Waals surface area contributed by atoms with Gasteiger partial charge in [-0.25, -0.2) is 0 Å². The number of ether oxygens (including phenoxy) is 1. The van der Waals surface area contributed by atoms with E-state index in [0.29, 0.717) is 6.04 Å². The summed E-state index contributed by atoms with van der Waals surface area (Å²) in [5, 5.41) is 3.49. The third kappa shape index (κ3) is 3.19. The summed E-state index contributed by atoms with van der Waals surface area (Å²) in [6, 6.07) is 13.2. The van der Waals surface area contributed by atoms with Crippen LogP contribution in [0.1, 0.15) is 5.56 Å². The van der Waals surface area contributed by atoms with E-state index in [2.05, 4.69) is 40.6 Å². The van der Waals surface area contributed by atoms with Crippen molar-refractivity contribution in [1.82, 2.24) is 10.3 Å². The van der Waals surface area contributed by atoms with E-state index in [1.165, 1.54) is 11.1 Å². The molecule has 3 rings (SSSR count). The second kappa shape index (κ2) is 5.95. The van der Waals surface area contributed by atoms with Crippen LogP contribution in [0.2, 0.25) is 0 Å². The largest absolute Gasteiger partial charge is 0.379 e. The predicted molar refractivity (Wildman–Crippen MR) is 76.0 cm³/mol. The van der Waals surface area contributed by atoms with Gasteiger partial charge < -0.3 is 10.1 Å². The number of pyridine rings is 1. The Labute approximate surface area is 113 Å². The minimum Gasteiger partial charge on any atom is -0.379 e. The van der Waals surface area contributed by atoms with Gasteiger partial charge in [0.1, 0.15) is 0 Å². The number of hydrogen-bond donors (Lipinski definition) is 1. The average molecular weight is 254 g/mol. The summed E-state index contributed by atoms with van der Waals surface area (Å²) in [6.45, 7) is 2.58. The van der Waals surface area contributed by atoms with Gasteiger partial charge >= 0.3 is 0 Å². The highest BCUT2D eigenvalue weighted by Crippen LogP contribution is 2.20. The predicted octanol–water partition coefficient (Wildman–Crippen LogP) is 2.28. The van der Waals surface area contributed by atoms with Crippen LogP contribution in [0, 0.1) is 0 Å². The lowest BCUT2D eigenvalue weighted by Crippen LogP contribution is -2.42. The first-order valence-corrected chi connectivity index (χ1v) is 6.72. The number of nitrogens with one attached hydrogen (secondary N) is 1. The summed E-state index contributed by atoms with van der Waals surface area (Å²) in [7, 11) is 0. The first kappa shape index (κ1) is 12.3. The first-order chi connectivity index (χ1) is 9.42. The van der Waals surface area contributed by atoms with Crippen molar-refractivity contribution in [3.8, 4) is 11.1 Å². The van der Waals surface area contributed by atoms with Crippen LogP contribution in [0.4, 0.5) is 0 Å². The minimum atomic E-state index is 0.429. The summed E-state index contributed by atoms with van der Waals surface area (Å²) in [5.41, 5.74) is 3.73. The van der Waals surface area contributed by atoms with Crippen LogP contribution < -0.4 is 5.32 Å². The van der Waals surface area contributed by atoms with Crippen LogP contribution in [-0.4, -0.2) is 30.8 Å². The van der Waals surface area contributed by atoms with Crippen LogP contribution >= 0.6 is 0 Å². The van der Waals surface area contributed by atoms with Gasteiger partial charge in [-0.3, -0.25) is 4.98 Å². The Kier molecular flexibility index (Phi) is 3.86. The monoisotopic (exact) mass is 254 g/mol. The van der Waals surface area contributed by atoms with E-state index in [1.54, 1.807) is 6.20 Å². The fourth-order valence-corrected chi connectivity index (χ4v) is 2.45. The molecule has 19 heavy (non-hydrogen) atoms. The van der Waals surface area contributed by atoms with E-state index in [9.17, 15) is 0 Å². The molecule has 1 aliphatic heterocycles. The van der Waals surface area contributed by atoms with E-state index in [1.807, 2.05) is 12.3 Å². The van der Waals surface area contributed by atoms with Gasteiger partial charge in [0.25, 0.3) is 0 Å². The SMILES string of the molecule is c1cncc(-c2cccc(C[C@@H]3COCCN3)c2)c1. The van der Waals surface area contributed by atoms with Gasteiger partial charge in [-0.2, -0.15) is 0 Å². The fraction of sp³-hybridized carbons (Fsp3) is 0.312. The molecule has 0 unspecified atom stereocenters. The molecule has 0 bridgehead atoms. The molecule has 3 nitrogen and oxygen atoms in total. The molecule has 1 fully saturated rings. The highest BCUT2D eigenvalue weighted by molar-refractivity contribution is 5.62. The number of rotatable bonds is 3. The van der Waals surface area contributed by atoms with Gasteiger partial charge in [-0.05, 0) is 29.2 Å². The third-order valence-corrected chi connectivity index (χ3v) is 3.40. The minimum absolute atomic E-state index is 0.429. The van der Waals surface area contributed by atoms with Crippen molar-refractivity contribution in [2.24, 2.45) is 0 Å². The number of morpholine rings is 1. The van der Waals surface area contributed by atoms with E-state index < -0.39 is 0 Å². The van der Waals surface area contributed by atoms with Crippen LogP contribution in [0.25, 0.3) is 11.1 Å². The molecule has 1 N–H and O–H groups in total. The van der Waals surface area contributed by atoms with Gasteiger partial charge in [-0.1, -0.05) is 30.3 Å². The molecule has 0 spiro atoms. The van der Waals surface area contributed by atoms with Crippen molar-refractivity contribution in [2.45, 2.75) is 12.5 Å². The van der Waals surface area contributed by atoms with Crippen molar-refractivity contribution in [2.75, 3.05) is 19.8 Å². The first-order valence-electron chi connectivity index (χ1n) is 6.72. The molecule has 0 saturated carbocycles. The molecule has 2 heterocycles. The Morgan fingerprint density at radius 1 is 1.21 bits per heavy atom. The summed E-state index contributed by atoms with van der Waals surface area (Å²) >= 11 is 0. The lowest BCUT2D eigenvalue weighted by molar-refractivity contribution is 0.0770. The molecule has 98 valence electrons. The zero-order valence-corrected chi connectivity index (χ0v) is 10.9. The molecule has 1 aromatic heterocycles. The molecule has 1 atom stereocenters. The van der Waals surface area contributed by atoms with E-state index in [-0.39, 0.29) is 0 Å². The molecule has 1 aromatic carbocycles. The molecular weight excluding hydrogens is 236 g/mol. The van der Waals surface area contributed by atoms with Crippen molar-refractivity contribution in [3.63, 3.8) is 0 Å². The lowest BCUT2D eigenvalue weighted by atomic mass is 10.0. The maximum absolute atomic E-state index is 5.50. The van der Waals surface area contributed by atoms with Gasteiger partial charge in [-0.15, -0.1) is 0 Å². The molecule has 3 heteroatoms. The Morgan fingerprint density at radius 2 is 2.16 bits per heavy atom. The molecule has 0 radical (unpaired) electrons. The molecule has 1 saturated heterocycles. The normalized spacial score (nSPS) is 19.3. The Balaban J connectivity index is 1.76. The second-order valence-corrected chi connectivity index (χ2v) is 4.87. The van der Waals surface area contributed by atoms with Crippen molar-refractivity contribution >= 4 is 0 Å². The topological polar surface area (TPSA) is 34.1 Å². The molecule has 0 amide bonds. The number of nitrogens with zero attached hydrogens (tertiary/aromatic N) is 1. The van der Waals surface area contributed by atoms with Crippen molar-refractivity contribution < 1.29 is 4.74 Å². The summed E-state index contributed by atoms with van der Waals surface area (Å²) in [4.78, 5) is 4.17. The maximum Gasteiger partial charge on any atom is 0.0623 e.